The molecule has 100 valence electrons. The third kappa shape index (κ3) is 2.33. The van der Waals surface area contributed by atoms with Crippen molar-refractivity contribution in [3.05, 3.63) is 41.3 Å². The molecule has 2 aromatic heterocycles. The lowest BCUT2D eigenvalue weighted by molar-refractivity contribution is 0.425. The second-order valence-corrected chi connectivity index (χ2v) is 4.51. The van der Waals surface area contributed by atoms with Gasteiger partial charge in [0.05, 0.1) is 5.56 Å². The standard InChI is InChI=1S/C13H9ClN4O2/c1-7-15-5-4-10(16-7)12-17-13(20-18-12)9-6-8(14)2-3-11(9)19/h2-6,19H,1H3. The Morgan fingerprint density at radius 2 is 2.05 bits per heavy atom. The molecule has 1 aromatic carbocycles. The second kappa shape index (κ2) is 4.90. The Morgan fingerprint density at radius 1 is 1.20 bits per heavy atom. The molecule has 0 atom stereocenters. The van der Waals surface area contributed by atoms with Gasteiger partial charge in [-0.05, 0) is 31.2 Å². The van der Waals surface area contributed by atoms with Crippen molar-refractivity contribution in [2.45, 2.75) is 6.92 Å². The van der Waals surface area contributed by atoms with Gasteiger partial charge in [0.2, 0.25) is 5.82 Å². The summed E-state index contributed by atoms with van der Waals surface area (Å²) in [6.07, 6.45) is 1.62. The topological polar surface area (TPSA) is 84.9 Å². The molecular weight excluding hydrogens is 280 g/mol. The monoisotopic (exact) mass is 288 g/mol. The summed E-state index contributed by atoms with van der Waals surface area (Å²) in [5.74, 6) is 1.13. The number of benzene rings is 1. The van der Waals surface area contributed by atoms with Gasteiger partial charge in [0.25, 0.3) is 5.89 Å². The largest absolute Gasteiger partial charge is 0.507 e. The van der Waals surface area contributed by atoms with E-state index in [1.54, 1.807) is 31.3 Å². The predicted octanol–water partition coefficient (Wildman–Crippen LogP) is 2.86. The average Bonchev–Trinajstić information content (AvgIpc) is 2.91. The predicted molar refractivity (Wildman–Crippen MR) is 72.2 cm³/mol. The lowest BCUT2D eigenvalue weighted by Crippen LogP contribution is -1.91. The quantitative estimate of drug-likeness (QED) is 0.780. The normalized spacial score (nSPS) is 10.7. The zero-order chi connectivity index (χ0) is 14.1. The molecule has 0 amide bonds. The first-order chi connectivity index (χ1) is 9.63. The maximum Gasteiger partial charge on any atom is 0.262 e. The van der Waals surface area contributed by atoms with Crippen molar-refractivity contribution < 1.29 is 9.63 Å². The number of rotatable bonds is 2. The Labute approximate surface area is 119 Å². The molecular formula is C13H9ClN4O2. The maximum atomic E-state index is 9.80. The number of hydrogen-bond donors (Lipinski definition) is 1. The number of aromatic hydroxyl groups is 1. The number of aromatic nitrogens is 4. The van der Waals surface area contributed by atoms with Gasteiger partial charge >= 0.3 is 0 Å². The molecule has 1 N–H and O–H groups in total. The molecule has 7 heteroatoms. The van der Waals surface area contributed by atoms with Crippen LogP contribution in [0.5, 0.6) is 5.75 Å². The van der Waals surface area contributed by atoms with E-state index in [2.05, 4.69) is 20.1 Å². The number of phenols is 1. The molecule has 0 spiro atoms. The molecule has 2 heterocycles. The lowest BCUT2D eigenvalue weighted by atomic mass is 10.2. The third-order valence-corrected chi connectivity index (χ3v) is 2.86. The van der Waals surface area contributed by atoms with E-state index in [-0.39, 0.29) is 11.6 Å². The van der Waals surface area contributed by atoms with E-state index in [1.165, 1.54) is 6.07 Å². The van der Waals surface area contributed by atoms with Crippen LogP contribution in [-0.4, -0.2) is 25.2 Å². The number of hydrogen-bond acceptors (Lipinski definition) is 6. The lowest BCUT2D eigenvalue weighted by Gasteiger charge is -1.99. The summed E-state index contributed by atoms with van der Waals surface area (Å²) in [5.41, 5.74) is 0.927. The summed E-state index contributed by atoms with van der Waals surface area (Å²) in [6, 6.07) is 6.28. The molecule has 0 aliphatic heterocycles. The van der Waals surface area contributed by atoms with Crippen LogP contribution in [0.25, 0.3) is 23.0 Å². The molecule has 20 heavy (non-hydrogen) atoms. The van der Waals surface area contributed by atoms with Crippen molar-refractivity contribution in [1.29, 1.82) is 0 Å². The van der Waals surface area contributed by atoms with Gasteiger partial charge in [-0.2, -0.15) is 4.98 Å². The highest BCUT2D eigenvalue weighted by Gasteiger charge is 2.15. The van der Waals surface area contributed by atoms with Gasteiger partial charge in [-0.15, -0.1) is 0 Å². The number of phenolic OH excluding ortho intramolecular Hbond substituents is 1. The Bertz CT molecular complexity index is 773. The van der Waals surface area contributed by atoms with E-state index in [9.17, 15) is 5.11 Å². The summed E-state index contributed by atoms with van der Waals surface area (Å²) >= 11 is 5.89. The van der Waals surface area contributed by atoms with Crippen molar-refractivity contribution in [1.82, 2.24) is 20.1 Å². The van der Waals surface area contributed by atoms with Gasteiger partial charge < -0.3 is 9.63 Å². The highest BCUT2D eigenvalue weighted by molar-refractivity contribution is 6.30. The minimum atomic E-state index is 0.0171. The van der Waals surface area contributed by atoms with E-state index in [0.29, 0.717) is 27.9 Å². The number of nitrogens with zero attached hydrogens (tertiary/aromatic N) is 4. The molecule has 0 aliphatic rings. The molecule has 0 fully saturated rings. The molecule has 0 saturated heterocycles. The van der Waals surface area contributed by atoms with Crippen molar-refractivity contribution in [2.75, 3.05) is 0 Å². The van der Waals surface area contributed by atoms with Crippen molar-refractivity contribution in [3.8, 4) is 28.7 Å². The van der Waals surface area contributed by atoms with Gasteiger partial charge in [-0.1, -0.05) is 16.8 Å². The van der Waals surface area contributed by atoms with E-state index < -0.39 is 0 Å². The van der Waals surface area contributed by atoms with Gasteiger partial charge in [0.1, 0.15) is 17.3 Å². The Kier molecular flexibility index (Phi) is 3.08. The molecule has 0 bridgehead atoms. The highest BCUT2D eigenvalue weighted by atomic mass is 35.5. The minimum absolute atomic E-state index is 0.0171. The summed E-state index contributed by atoms with van der Waals surface area (Å²) in [5, 5.41) is 14.1. The van der Waals surface area contributed by atoms with E-state index in [0.717, 1.165) is 0 Å². The van der Waals surface area contributed by atoms with E-state index in [4.69, 9.17) is 16.1 Å². The number of aryl methyl sites for hydroxylation is 1. The highest BCUT2D eigenvalue weighted by Crippen LogP contribution is 2.31. The fraction of sp³-hybridized carbons (Fsp3) is 0.0769. The zero-order valence-electron chi connectivity index (χ0n) is 10.4. The molecule has 0 saturated carbocycles. The first-order valence-electron chi connectivity index (χ1n) is 5.76. The Balaban J connectivity index is 2.04. The molecule has 6 nitrogen and oxygen atoms in total. The van der Waals surface area contributed by atoms with Gasteiger partial charge in [0.15, 0.2) is 0 Å². The van der Waals surface area contributed by atoms with E-state index >= 15 is 0 Å². The zero-order valence-corrected chi connectivity index (χ0v) is 11.2. The first kappa shape index (κ1) is 12.6. The second-order valence-electron chi connectivity index (χ2n) is 4.07. The Morgan fingerprint density at radius 3 is 2.85 bits per heavy atom. The number of halogens is 1. The molecule has 3 aromatic rings. The SMILES string of the molecule is Cc1nccc(-c2noc(-c3cc(Cl)ccc3O)n2)n1. The molecule has 0 unspecified atom stereocenters. The van der Waals surface area contributed by atoms with Crippen LogP contribution in [-0.2, 0) is 0 Å². The van der Waals surface area contributed by atoms with Crippen LogP contribution < -0.4 is 0 Å². The van der Waals surface area contributed by atoms with Crippen LogP contribution in [0.3, 0.4) is 0 Å². The summed E-state index contributed by atoms with van der Waals surface area (Å²) in [4.78, 5) is 12.4. The minimum Gasteiger partial charge on any atom is -0.507 e. The average molecular weight is 289 g/mol. The summed E-state index contributed by atoms with van der Waals surface area (Å²) < 4.78 is 5.14. The van der Waals surface area contributed by atoms with Crippen molar-refractivity contribution in [3.63, 3.8) is 0 Å². The van der Waals surface area contributed by atoms with Crippen LogP contribution in [0.4, 0.5) is 0 Å². The molecule has 0 aliphatic carbocycles. The molecule has 3 rings (SSSR count). The van der Waals surface area contributed by atoms with Crippen LogP contribution in [0, 0.1) is 6.92 Å². The van der Waals surface area contributed by atoms with Crippen LogP contribution in [0.15, 0.2) is 35.0 Å². The van der Waals surface area contributed by atoms with Crippen LogP contribution in [0.1, 0.15) is 5.82 Å². The fourth-order valence-electron chi connectivity index (χ4n) is 1.70. The Hall–Kier alpha value is -2.47. The molecule has 0 radical (unpaired) electrons. The summed E-state index contributed by atoms with van der Waals surface area (Å²) in [7, 11) is 0. The van der Waals surface area contributed by atoms with Crippen LogP contribution in [0.2, 0.25) is 5.02 Å². The van der Waals surface area contributed by atoms with E-state index in [1.807, 2.05) is 0 Å². The van der Waals surface area contributed by atoms with Gasteiger partial charge in [-0.25, -0.2) is 9.97 Å². The maximum absolute atomic E-state index is 9.80. The first-order valence-corrected chi connectivity index (χ1v) is 6.14. The van der Waals surface area contributed by atoms with Gasteiger partial charge in [-0.3, -0.25) is 0 Å². The summed E-state index contributed by atoms with van der Waals surface area (Å²) in [6.45, 7) is 1.77. The van der Waals surface area contributed by atoms with Gasteiger partial charge in [0, 0.05) is 11.2 Å². The van der Waals surface area contributed by atoms with Crippen molar-refractivity contribution in [2.24, 2.45) is 0 Å². The van der Waals surface area contributed by atoms with Crippen LogP contribution >= 0.6 is 11.6 Å². The third-order valence-electron chi connectivity index (χ3n) is 2.62. The van der Waals surface area contributed by atoms with Crippen molar-refractivity contribution >= 4 is 11.6 Å². The fourth-order valence-corrected chi connectivity index (χ4v) is 1.87. The smallest absolute Gasteiger partial charge is 0.262 e.